The van der Waals surface area contributed by atoms with Gasteiger partial charge in [0.25, 0.3) is 0 Å². The lowest BCUT2D eigenvalue weighted by atomic mass is 9.58. The van der Waals surface area contributed by atoms with Gasteiger partial charge in [0.05, 0.1) is 12.2 Å². The summed E-state index contributed by atoms with van der Waals surface area (Å²) in [5.74, 6) is 0.0479. The van der Waals surface area contributed by atoms with Gasteiger partial charge in [-0.15, -0.1) is 0 Å². The minimum Gasteiger partial charge on any atom is -0.389 e. The van der Waals surface area contributed by atoms with E-state index in [2.05, 4.69) is 13.5 Å². The highest BCUT2D eigenvalue weighted by molar-refractivity contribution is 5.40. The molecule has 5 unspecified atom stereocenters. The van der Waals surface area contributed by atoms with Gasteiger partial charge in [-0.3, -0.25) is 0 Å². The fraction of sp³-hybridized carbons (Fsp3) is 0.867. The minimum atomic E-state index is -0.776. The largest absolute Gasteiger partial charge is 0.389 e. The van der Waals surface area contributed by atoms with Gasteiger partial charge in [0.15, 0.2) is 0 Å². The van der Waals surface area contributed by atoms with Crippen LogP contribution in [0.3, 0.4) is 0 Å². The van der Waals surface area contributed by atoms with Gasteiger partial charge in [0, 0.05) is 11.3 Å². The molecule has 1 saturated heterocycles. The molecule has 4 rings (SSSR count). The van der Waals surface area contributed by atoms with Gasteiger partial charge < -0.3 is 14.9 Å². The lowest BCUT2D eigenvalue weighted by molar-refractivity contribution is -0.219. The standard InChI is InChI=1S/C15H22O3/c1-9-11(16)15-7-12(2,8-18-15)6-10(15)13(3,17)14(9)4-5-14/h10-11,16-17H,1,4-8H2,2-3H3. The van der Waals surface area contributed by atoms with Crippen molar-refractivity contribution in [3.63, 3.8) is 0 Å². The molecule has 4 aliphatic rings. The second-order valence-electron chi connectivity index (χ2n) is 7.65. The molecule has 100 valence electrons. The maximum absolute atomic E-state index is 11.1. The molecule has 0 radical (unpaired) electrons. The van der Waals surface area contributed by atoms with Crippen LogP contribution >= 0.6 is 0 Å². The summed E-state index contributed by atoms with van der Waals surface area (Å²) >= 11 is 0. The summed E-state index contributed by atoms with van der Waals surface area (Å²) in [6.07, 6.45) is 3.14. The molecule has 0 amide bonds. The van der Waals surface area contributed by atoms with Crippen molar-refractivity contribution < 1.29 is 14.9 Å². The number of ether oxygens (including phenoxy) is 1. The van der Waals surface area contributed by atoms with Gasteiger partial charge in [-0.05, 0) is 43.6 Å². The van der Waals surface area contributed by atoms with Crippen molar-refractivity contribution in [1.29, 1.82) is 0 Å². The monoisotopic (exact) mass is 250 g/mol. The maximum atomic E-state index is 11.1. The van der Waals surface area contributed by atoms with E-state index in [1.807, 2.05) is 6.92 Å². The zero-order chi connectivity index (χ0) is 13.0. The van der Waals surface area contributed by atoms with Crippen LogP contribution < -0.4 is 0 Å². The van der Waals surface area contributed by atoms with Crippen LogP contribution in [0, 0.1) is 16.7 Å². The predicted molar refractivity (Wildman–Crippen MR) is 67.0 cm³/mol. The summed E-state index contributed by atoms with van der Waals surface area (Å²) in [6.45, 7) is 8.97. The van der Waals surface area contributed by atoms with Gasteiger partial charge in [0.1, 0.15) is 11.7 Å². The highest BCUT2D eigenvalue weighted by atomic mass is 16.5. The minimum absolute atomic E-state index is 0.0479. The molecular weight excluding hydrogens is 228 g/mol. The molecule has 2 spiro atoms. The Morgan fingerprint density at radius 3 is 2.56 bits per heavy atom. The molecule has 3 aliphatic carbocycles. The molecule has 4 fully saturated rings. The molecule has 3 nitrogen and oxygen atoms in total. The second-order valence-corrected chi connectivity index (χ2v) is 7.65. The zero-order valence-electron chi connectivity index (χ0n) is 11.2. The van der Waals surface area contributed by atoms with Crippen LogP contribution in [0.25, 0.3) is 0 Å². The normalized spacial score (nSPS) is 60.1. The van der Waals surface area contributed by atoms with Gasteiger partial charge >= 0.3 is 0 Å². The molecule has 3 saturated carbocycles. The van der Waals surface area contributed by atoms with Crippen molar-refractivity contribution in [2.45, 2.75) is 56.8 Å². The molecule has 1 aliphatic heterocycles. The average molecular weight is 250 g/mol. The third-order valence-corrected chi connectivity index (χ3v) is 6.48. The molecule has 0 aromatic carbocycles. The second kappa shape index (κ2) is 2.72. The molecule has 2 bridgehead atoms. The number of hydrogen-bond acceptors (Lipinski definition) is 3. The molecule has 0 aromatic heterocycles. The summed E-state index contributed by atoms with van der Waals surface area (Å²) in [5.41, 5.74) is -0.650. The van der Waals surface area contributed by atoms with Gasteiger partial charge in [-0.1, -0.05) is 13.5 Å². The maximum Gasteiger partial charge on any atom is 0.105 e. The van der Waals surface area contributed by atoms with Crippen molar-refractivity contribution in [1.82, 2.24) is 0 Å². The summed E-state index contributed by atoms with van der Waals surface area (Å²) in [7, 11) is 0. The number of hydrogen-bond donors (Lipinski definition) is 2. The highest BCUT2D eigenvalue weighted by Crippen LogP contribution is 2.73. The van der Waals surface area contributed by atoms with E-state index in [1.165, 1.54) is 0 Å². The van der Waals surface area contributed by atoms with Crippen molar-refractivity contribution >= 4 is 0 Å². The summed E-state index contributed by atoms with van der Waals surface area (Å²) in [4.78, 5) is 0. The van der Waals surface area contributed by atoms with Crippen LogP contribution in [-0.2, 0) is 4.74 Å². The Labute approximate surface area is 108 Å². The lowest BCUT2D eigenvalue weighted by Gasteiger charge is -2.56. The fourth-order valence-electron chi connectivity index (χ4n) is 5.31. The summed E-state index contributed by atoms with van der Waals surface area (Å²) in [6, 6.07) is 0. The Balaban J connectivity index is 1.88. The average Bonchev–Trinajstić information content (AvgIpc) is 2.98. The van der Waals surface area contributed by atoms with Crippen LogP contribution in [0.2, 0.25) is 0 Å². The third kappa shape index (κ3) is 0.939. The van der Waals surface area contributed by atoms with E-state index in [9.17, 15) is 10.2 Å². The van der Waals surface area contributed by atoms with Crippen molar-refractivity contribution in [2.75, 3.05) is 6.61 Å². The number of rotatable bonds is 0. The number of fused-ring (bicyclic) bond motifs is 1. The van der Waals surface area contributed by atoms with Gasteiger partial charge in [-0.25, -0.2) is 0 Å². The number of aliphatic hydroxyl groups is 2. The van der Waals surface area contributed by atoms with Crippen molar-refractivity contribution in [3.8, 4) is 0 Å². The van der Waals surface area contributed by atoms with Crippen LogP contribution in [0.5, 0.6) is 0 Å². The molecule has 2 N–H and O–H groups in total. The van der Waals surface area contributed by atoms with Crippen LogP contribution in [0.4, 0.5) is 0 Å². The Kier molecular flexibility index (Phi) is 1.73. The van der Waals surface area contributed by atoms with Gasteiger partial charge in [-0.2, -0.15) is 0 Å². The molecule has 5 atom stereocenters. The van der Waals surface area contributed by atoms with E-state index in [0.717, 1.165) is 31.3 Å². The van der Waals surface area contributed by atoms with Crippen LogP contribution in [0.1, 0.15) is 39.5 Å². The Morgan fingerprint density at radius 1 is 1.33 bits per heavy atom. The smallest absolute Gasteiger partial charge is 0.105 e. The SMILES string of the molecule is C=C1C(O)C23CC(C)(CO2)CC3C(C)(O)C12CC2. The molecule has 3 heteroatoms. The van der Waals surface area contributed by atoms with Crippen LogP contribution in [-0.4, -0.2) is 34.1 Å². The van der Waals surface area contributed by atoms with Crippen LogP contribution in [0.15, 0.2) is 12.2 Å². The van der Waals surface area contributed by atoms with E-state index in [-0.39, 0.29) is 16.7 Å². The Hall–Kier alpha value is -0.380. The lowest BCUT2D eigenvalue weighted by Crippen LogP contribution is -2.65. The summed E-state index contributed by atoms with van der Waals surface area (Å²) < 4.78 is 6.02. The van der Waals surface area contributed by atoms with E-state index in [1.54, 1.807) is 0 Å². The van der Waals surface area contributed by atoms with E-state index < -0.39 is 17.3 Å². The molecular formula is C15H22O3. The molecule has 0 aromatic rings. The predicted octanol–water partition coefficient (Wildman–Crippen LogP) is 1.63. The first-order valence-electron chi connectivity index (χ1n) is 7.01. The van der Waals surface area contributed by atoms with E-state index in [4.69, 9.17) is 4.74 Å². The quantitative estimate of drug-likeness (QED) is 0.643. The number of aliphatic hydroxyl groups excluding tert-OH is 1. The van der Waals surface area contributed by atoms with Crippen molar-refractivity contribution in [2.24, 2.45) is 16.7 Å². The van der Waals surface area contributed by atoms with E-state index >= 15 is 0 Å². The molecule has 18 heavy (non-hydrogen) atoms. The Morgan fingerprint density at radius 2 is 2.00 bits per heavy atom. The van der Waals surface area contributed by atoms with Gasteiger partial charge in [0.2, 0.25) is 0 Å². The Bertz CT molecular complexity index is 451. The summed E-state index contributed by atoms with van der Waals surface area (Å²) in [5, 5.41) is 21.8. The fourth-order valence-corrected chi connectivity index (χ4v) is 5.31. The zero-order valence-corrected chi connectivity index (χ0v) is 11.2. The first-order chi connectivity index (χ1) is 8.28. The molecule has 1 heterocycles. The first-order valence-corrected chi connectivity index (χ1v) is 7.01. The van der Waals surface area contributed by atoms with E-state index in [0.29, 0.717) is 6.61 Å². The topological polar surface area (TPSA) is 49.7 Å². The van der Waals surface area contributed by atoms with Crippen molar-refractivity contribution in [3.05, 3.63) is 12.2 Å². The highest BCUT2D eigenvalue weighted by Gasteiger charge is 2.77. The first kappa shape index (κ1) is 11.4. The third-order valence-electron chi connectivity index (χ3n) is 6.48.